The van der Waals surface area contributed by atoms with Crippen molar-refractivity contribution in [1.29, 1.82) is 0 Å². The maximum absolute atomic E-state index is 10.8. The van der Waals surface area contributed by atoms with Crippen molar-refractivity contribution in [2.45, 2.75) is 6.10 Å². The van der Waals surface area contributed by atoms with Crippen LogP contribution in [0.25, 0.3) is 0 Å². The molecule has 0 saturated carbocycles. The molecule has 1 unspecified atom stereocenters. The van der Waals surface area contributed by atoms with Gasteiger partial charge in [0, 0.05) is 0 Å². The molecular formula is C10H11NO4. The van der Waals surface area contributed by atoms with E-state index in [0.717, 1.165) is 5.56 Å². The third-order valence-corrected chi connectivity index (χ3v) is 2.26. The molecule has 0 aliphatic carbocycles. The Balaban J connectivity index is 2.25. The van der Waals surface area contributed by atoms with E-state index in [1.165, 1.54) is 13.2 Å². The number of carbonyl (C=O) groups excluding carboxylic acids is 1. The van der Waals surface area contributed by atoms with Gasteiger partial charge in [-0.05, 0) is 17.7 Å². The van der Waals surface area contributed by atoms with Gasteiger partial charge in [-0.3, -0.25) is 0 Å². The molecule has 1 aliphatic heterocycles. The van der Waals surface area contributed by atoms with Crippen LogP contribution in [0.15, 0.2) is 18.2 Å². The number of benzene rings is 1. The lowest BCUT2D eigenvalue weighted by molar-refractivity contribution is 0.141. The molecule has 15 heavy (non-hydrogen) atoms. The van der Waals surface area contributed by atoms with Crippen LogP contribution in [0, 0.1) is 0 Å². The number of amides is 1. The number of aromatic hydroxyl groups is 1. The molecule has 5 nitrogen and oxygen atoms in total. The van der Waals surface area contributed by atoms with Crippen LogP contribution >= 0.6 is 0 Å². The average Bonchev–Trinajstić information content (AvgIpc) is 2.66. The smallest absolute Gasteiger partial charge is 0.407 e. The SMILES string of the molecule is COc1cc(C2CNC(=O)O2)ccc1O. The number of alkyl carbamates (subject to hydrolysis) is 1. The second kappa shape index (κ2) is 3.68. The monoisotopic (exact) mass is 209 g/mol. The van der Waals surface area contributed by atoms with E-state index in [9.17, 15) is 9.90 Å². The van der Waals surface area contributed by atoms with Crippen LogP contribution in [0.3, 0.4) is 0 Å². The normalized spacial score (nSPS) is 19.5. The number of methoxy groups -OCH3 is 1. The van der Waals surface area contributed by atoms with E-state index in [1.54, 1.807) is 12.1 Å². The summed E-state index contributed by atoms with van der Waals surface area (Å²) in [5.41, 5.74) is 0.794. The predicted octanol–water partition coefficient (Wildman–Crippen LogP) is 1.18. The highest BCUT2D eigenvalue weighted by molar-refractivity contribution is 5.69. The Morgan fingerprint density at radius 3 is 3.00 bits per heavy atom. The van der Waals surface area contributed by atoms with Crippen molar-refractivity contribution in [1.82, 2.24) is 5.32 Å². The fraction of sp³-hybridized carbons (Fsp3) is 0.300. The van der Waals surface area contributed by atoms with Gasteiger partial charge in [0.2, 0.25) is 0 Å². The van der Waals surface area contributed by atoms with Crippen molar-refractivity contribution in [2.24, 2.45) is 0 Å². The number of ether oxygens (including phenoxy) is 2. The van der Waals surface area contributed by atoms with Crippen molar-refractivity contribution >= 4 is 6.09 Å². The van der Waals surface area contributed by atoms with Crippen molar-refractivity contribution in [3.8, 4) is 11.5 Å². The highest BCUT2D eigenvalue weighted by Crippen LogP contribution is 2.30. The van der Waals surface area contributed by atoms with Gasteiger partial charge in [0.05, 0.1) is 13.7 Å². The molecule has 1 aliphatic rings. The molecule has 1 heterocycles. The fourth-order valence-corrected chi connectivity index (χ4v) is 1.47. The van der Waals surface area contributed by atoms with E-state index in [4.69, 9.17) is 9.47 Å². The number of phenolic OH excluding ortho intramolecular Hbond substituents is 1. The molecule has 80 valence electrons. The van der Waals surface area contributed by atoms with Gasteiger partial charge in [-0.2, -0.15) is 0 Å². The highest BCUT2D eigenvalue weighted by Gasteiger charge is 2.24. The molecule has 1 aromatic carbocycles. The molecule has 0 radical (unpaired) electrons. The van der Waals surface area contributed by atoms with Crippen LogP contribution in [0.5, 0.6) is 11.5 Å². The van der Waals surface area contributed by atoms with E-state index in [0.29, 0.717) is 12.3 Å². The lowest BCUT2D eigenvalue weighted by atomic mass is 10.1. The first-order chi connectivity index (χ1) is 7.20. The zero-order valence-corrected chi connectivity index (χ0v) is 8.19. The van der Waals surface area contributed by atoms with Crippen molar-refractivity contribution < 1.29 is 19.4 Å². The number of hydrogen-bond acceptors (Lipinski definition) is 4. The van der Waals surface area contributed by atoms with Gasteiger partial charge >= 0.3 is 6.09 Å². The third kappa shape index (κ3) is 1.81. The quantitative estimate of drug-likeness (QED) is 0.767. The second-order valence-corrected chi connectivity index (χ2v) is 3.21. The summed E-state index contributed by atoms with van der Waals surface area (Å²) in [6.07, 6.45) is -0.737. The van der Waals surface area contributed by atoms with E-state index < -0.39 is 6.09 Å². The van der Waals surface area contributed by atoms with Crippen LogP contribution in [0.2, 0.25) is 0 Å². The standard InChI is InChI=1S/C10H11NO4/c1-14-8-4-6(2-3-7(8)12)9-5-11-10(13)15-9/h2-4,9,12H,5H2,1H3,(H,11,13). The molecule has 2 N–H and O–H groups in total. The summed E-state index contributed by atoms with van der Waals surface area (Å²) in [6.45, 7) is 0.437. The number of nitrogens with one attached hydrogen (secondary N) is 1. The number of phenols is 1. The van der Waals surface area contributed by atoms with Crippen molar-refractivity contribution in [3.63, 3.8) is 0 Å². The van der Waals surface area contributed by atoms with Crippen LogP contribution in [0.4, 0.5) is 4.79 Å². The van der Waals surface area contributed by atoms with Crippen molar-refractivity contribution in [2.75, 3.05) is 13.7 Å². The summed E-state index contributed by atoms with van der Waals surface area (Å²) >= 11 is 0. The first kappa shape index (κ1) is 9.64. The first-order valence-electron chi connectivity index (χ1n) is 4.52. The number of cyclic esters (lactones) is 1. The molecule has 1 fully saturated rings. The third-order valence-electron chi connectivity index (χ3n) is 2.26. The molecule has 1 amide bonds. The highest BCUT2D eigenvalue weighted by atomic mass is 16.6. The summed E-state index contributed by atoms with van der Waals surface area (Å²) in [7, 11) is 1.47. The molecular weight excluding hydrogens is 198 g/mol. The number of rotatable bonds is 2. The van der Waals surface area contributed by atoms with Gasteiger partial charge in [-0.1, -0.05) is 6.07 Å². The predicted molar refractivity (Wildman–Crippen MR) is 51.9 cm³/mol. The molecule has 0 bridgehead atoms. The Hall–Kier alpha value is -1.91. The maximum Gasteiger partial charge on any atom is 0.407 e. The largest absolute Gasteiger partial charge is 0.504 e. The molecule has 0 spiro atoms. The summed E-state index contributed by atoms with van der Waals surface area (Å²) in [4.78, 5) is 10.8. The fourth-order valence-electron chi connectivity index (χ4n) is 1.47. The summed E-state index contributed by atoms with van der Waals surface area (Å²) in [5, 5.41) is 11.9. The van der Waals surface area contributed by atoms with Gasteiger partial charge in [-0.15, -0.1) is 0 Å². The van der Waals surface area contributed by atoms with Gasteiger partial charge in [0.25, 0.3) is 0 Å². The van der Waals surface area contributed by atoms with E-state index >= 15 is 0 Å². The Labute approximate surface area is 86.6 Å². The Kier molecular flexibility index (Phi) is 2.37. The van der Waals surface area contributed by atoms with E-state index in [1.807, 2.05) is 0 Å². The van der Waals surface area contributed by atoms with Crippen molar-refractivity contribution in [3.05, 3.63) is 23.8 Å². The molecule has 1 saturated heterocycles. The van der Waals surface area contributed by atoms with E-state index in [2.05, 4.69) is 5.32 Å². The van der Waals surface area contributed by atoms with Gasteiger partial charge in [0.1, 0.15) is 6.10 Å². The molecule has 1 atom stereocenters. The topological polar surface area (TPSA) is 67.8 Å². The minimum absolute atomic E-state index is 0.0681. The molecule has 1 aromatic rings. The second-order valence-electron chi connectivity index (χ2n) is 3.21. The summed E-state index contributed by atoms with van der Waals surface area (Å²) < 4.78 is 9.96. The summed E-state index contributed by atoms with van der Waals surface area (Å²) in [5.74, 6) is 0.439. The van der Waals surface area contributed by atoms with Crippen LogP contribution in [-0.2, 0) is 4.74 Å². The van der Waals surface area contributed by atoms with Gasteiger partial charge < -0.3 is 19.9 Å². The molecule has 2 rings (SSSR count). The van der Waals surface area contributed by atoms with Crippen LogP contribution in [0.1, 0.15) is 11.7 Å². The number of carbonyl (C=O) groups is 1. The Morgan fingerprint density at radius 2 is 2.40 bits per heavy atom. The molecule has 5 heteroatoms. The average molecular weight is 209 g/mol. The number of hydrogen-bond donors (Lipinski definition) is 2. The summed E-state index contributed by atoms with van der Waals surface area (Å²) in [6, 6.07) is 4.86. The zero-order chi connectivity index (χ0) is 10.8. The lowest BCUT2D eigenvalue weighted by Crippen LogP contribution is -2.12. The van der Waals surface area contributed by atoms with Crippen LogP contribution < -0.4 is 10.1 Å². The minimum Gasteiger partial charge on any atom is -0.504 e. The Morgan fingerprint density at radius 1 is 1.60 bits per heavy atom. The first-order valence-corrected chi connectivity index (χ1v) is 4.52. The lowest BCUT2D eigenvalue weighted by Gasteiger charge is -2.10. The van der Waals surface area contributed by atoms with Crippen LogP contribution in [-0.4, -0.2) is 24.9 Å². The Bertz CT molecular complexity index is 391. The zero-order valence-electron chi connectivity index (χ0n) is 8.19. The van der Waals surface area contributed by atoms with Gasteiger partial charge in [0.15, 0.2) is 11.5 Å². The van der Waals surface area contributed by atoms with Gasteiger partial charge in [-0.25, -0.2) is 4.79 Å². The molecule has 0 aromatic heterocycles. The minimum atomic E-state index is -0.424. The van der Waals surface area contributed by atoms with E-state index in [-0.39, 0.29) is 11.9 Å². The maximum atomic E-state index is 10.8.